The topological polar surface area (TPSA) is 111 Å². The Kier molecular flexibility index (Phi) is 5.61. The zero-order valence-electron chi connectivity index (χ0n) is 19.7. The van der Waals surface area contributed by atoms with Crippen LogP contribution in [0.1, 0.15) is 22.4 Å². The van der Waals surface area contributed by atoms with Crippen LogP contribution in [0.25, 0.3) is 0 Å². The fraction of sp³-hybridized carbons (Fsp3) is 0.222. The quantitative estimate of drug-likeness (QED) is 0.594. The third-order valence-electron chi connectivity index (χ3n) is 6.77. The number of halogens is 1. The first kappa shape index (κ1) is 23.3. The van der Waals surface area contributed by atoms with Gasteiger partial charge < -0.3 is 24.7 Å². The highest BCUT2D eigenvalue weighted by Crippen LogP contribution is 2.54. The second-order valence-electron chi connectivity index (χ2n) is 8.68. The molecule has 0 saturated heterocycles. The monoisotopic (exact) mass is 486 g/mol. The number of para-hydroxylation sites is 1. The predicted molar refractivity (Wildman–Crippen MR) is 130 cm³/mol. The molecule has 0 fully saturated rings. The number of rotatable bonds is 5. The average molecular weight is 487 g/mol. The molecule has 1 spiro atoms. The SMILES string of the molecule is COCCn1c(C)cc2c(c1=O)C1(C(=O)N(Cc3ccccc3F)c3ccccc31)C(C#N)=C(N)O2. The number of amides is 1. The van der Waals surface area contributed by atoms with E-state index in [1.807, 2.05) is 6.07 Å². The molecular weight excluding hydrogens is 463 g/mol. The van der Waals surface area contributed by atoms with Crippen LogP contribution < -0.4 is 20.9 Å². The summed E-state index contributed by atoms with van der Waals surface area (Å²) in [6.45, 7) is 2.14. The minimum Gasteiger partial charge on any atom is -0.440 e. The second kappa shape index (κ2) is 8.66. The van der Waals surface area contributed by atoms with E-state index in [2.05, 4.69) is 0 Å². The zero-order chi connectivity index (χ0) is 25.6. The molecule has 36 heavy (non-hydrogen) atoms. The fourth-order valence-electron chi connectivity index (χ4n) is 5.14. The van der Waals surface area contributed by atoms with Gasteiger partial charge in [0.05, 0.1) is 18.7 Å². The Morgan fingerprint density at radius 2 is 1.89 bits per heavy atom. The van der Waals surface area contributed by atoms with E-state index in [1.54, 1.807) is 55.5 Å². The lowest BCUT2D eigenvalue weighted by molar-refractivity contribution is -0.121. The Hall–Kier alpha value is -4.42. The molecule has 1 aromatic heterocycles. The molecule has 2 aromatic carbocycles. The molecule has 5 rings (SSSR count). The van der Waals surface area contributed by atoms with Gasteiger partial charge in [-0.05, 0) is 19.1 Å². The molecule has 1 unspecified atom stereocenters. The number of carbonyl (C=O) groups is 1. The van der Waals surface area contributed by atoms with Gasteiger partial charge in [-0.25, -0.2) is 4.39 Å². The maximum absolute atomic E-state index is 14.6. The summed E-state index contributed by atoms with van der Waals surface area (Å²) in [6, 6.07) is 16.7. The van der Waals surface area contributed by atoms with Crippen LogP contribution >= 0.6 is 0 Å². The molecule has 9 heteroatoms. The number of benzene rings is 2. The molecule has 1 amide bonds. The van der Waals surface area contributed by atoms with E-state index in [9.17, 15) is 19.2 Å². The van der Waals surface area contributed by atoms with Crippen molar-refractivity contribution in [2.45, 2.75) is 25.4 Å². The summed E-state index contributed by atoms with van der Waals surface area (Å²) in [4.78, 5) is 29.8. The number of nitriles is 1. The molecule has 1 atom stereocenters. The van der Waals surface area contributed by atoms with Crippen molar-refractivity contribution < 1.29 is 18.7 Å². The van der Waals surface area contributed by atoms with Crippen molar-refractivity contribution in [3.63, 3.8) is 0 Å². The van der Waals surface area contributed by atoms with Gasteiger partial charge in [0.15, 0.2) is 5.41 Å². The maximum Gasteiger partial charge on any atom is 0.259 e. The number of hydrogen-bond donors (Lipinski definition) is 1. The Morgan fingerprint density at radius 1 is 1.17 bits per heavy atom. The largest absolute Gasteiger partial charge is 0.440 e. The maximum atomic E-state index is 14.6. The summed E-state index contributed by atoms with van der Waals surface area (Å²) in [5.41, 5.74) is 5.44. The highest BCUT2D eigenvalue weighted by molar-refractivity contribution is 6.14. The van der Waals surface area contributed by atoms with Gasteiger partial charge in [0.2, 0.25) is 11.8 Å². The molecular formula is C27H23FN4O4. The van der Waals surface area contributed by atoms with Crippen molar-refractivity contribution >= 4 is 11.6 Å². The van der Waals surface area contributed by atoms with Crippen molar-refractivity contribution in [1.82, 2.24) is 4.57 Å². The van der Waals surface area contributed by atoms with Crippen LogP contribution in [-0.2, 0) is 28.0 Å². The molecule has 182 valence electrons. The van der Waals surface area contributed by atoms with E-state index in [0.717, 1.165) is 0 Å². The molecule has 2 aliphatic rings. The van der Waals surface area contributed by atoms with Crippen LogP contribution in [0.15, 0.2) is 70.8 Å². The van der Waals surface area contributed by atoms with Gasteiger partial charge in [-0.1, -0.05) is 36.4 Å². The summed E-state index contributed by atoms with van der Waals surface area (Å²) >= 11 is 0. The molecule has 0 saturated carbocycles. The van der Waals surface area contributed by atoms with Crippen LogP contribution in [0.2, 0.25) is 0 Å². The number of ether oxygens (including phenoxy) is 2. The highest BCUT2D eigenvalue weighted by atomic mass is 19.1. The molecule has 0 radical (unpaired) electrons. The smallest absolute Gasteiger partial charge is 0.259 e. The van der Waals surface area contributed by atoms with E-state index < -0.39 is 22.7 Å². The van der Waals surface area contributed by atoms with Gasteiger partial charge in [-0.15, -0.1) is 0 Å². The summed E-state index contributed by atoms with van der Waals surface area (Å²) in [5, 5.41) is 10.2. The number of nitrogens with zero attached hydrogens (tertiary/aromatic N) is 3. The highest BCUT2D eigenvalue weighted by Gasteiger charge is 2.60. The first-order valence-corrected chi connectivity index (χ1v) is 11.3. The van der Waals surface area contributed by atoms with E-state index in [1.165, 1.54) is 22.6 Å². The molecule has 3 aromatic rings. The normalized spacial score (nSPS) is 18.2. The first-order chi connectivity index (χ1) is 17.4. The second-order valence-corrected chi connectivity index (χ2v) is 8.68. The molecule has 0 bridgehead atoms. The number of hydrogen-bond acceptors (Lipinski definition) is 6. The first-order valence-electron chi connectivity index (χ1n) is 11.3. The van der Waals surface area contributed by atoms with E-state index >= 15 is 0 Å². The molecule has 2 aliphatic heterocycles. The number of carbonyl (C=O) groups excluding carboxylic acids is 1. The molecule has 3 heterocycles. The zero-order valence-corrected chi connectivity index (χ0v) is 19.7. The number of anilines is 1. The summed E-state index contributed by atoms with van der Waals surface area (Å²) in [7, 11) is 1.53. The van der Waals surface area contributed by atoms with Crippen molar-refractivity contribution in [2.75, 3.05) is 18.6 Å². The lowest BCUT2D eigenvalue weighted by Crippen LogP contribution is -2.50. The van der Waals surface area contributed by atoms with E-state index in [0.29, 0.717) is 22.5 Å². The Morgan fingerprint density at radius 3 is 2.61 bits per heavy atom. The number of pyridine rings is 1. The molecule has 0 aliphatic carbocycles. The van der Waals surface area contributed by atoms with Crippen molar-refractivity contribution in [2.24, 2.45) is 5.73 Å². The Bertz CT molecular complexity index is 1540. The van der Waals surface area contributed by atoms with Crippen molar-refractivity contribution in [3.05, 3.63) is 105 Å². The van der Waals surface area contributed by atoms with E-state index in [4.69, 9.17) is 15.2 Å². The van der Waals surface area contributed by atoms with Crippen LogP contribution in [-0.4, -0.2) is 24.2 Å². The van der Waals surface area contributed by atoms with Crippen LogP contribution in [0, 0.1) is 24.1 Å². The summed E-state index contributed by atoms with van der Waals surface area (Å²) < 4.78 is 27.0. The van der Waals surface area contributed by atoms with Gasteiger partial charge >= 0.3 is 0 Å². The van der Waals surface area contributed by atoms with Crippen LogP contribution in [0.5, 0.6) is 5.75 Å². The molecule has 2 N–H and O–H groups in total. The molecule has 8 nitrogen and oxygen atoms in total. The lowest BCUT2D eigenvalue weighted by Gasteiger charge is -2.34. The van der Waals surface area contributed by atoms with Crippen molar-refractivity contribution in [1.29, 1.82) is 5.26 Å². The van der Waals surface area contributed by atoms with E-state index in [-0.39, 0.29) is 42.5 Å². The van der Waals surface area contributed by atoms with Gasteiger partial charge in [0.25, 0.3) is 5.56 Å². The minimum atomic E-state index is -1.84. The number of methoxy groups -OCH3 is 1. The summed E-state index contributed by atoms with van der Waals surface area (Å²) in [5.74, 6) is -1.19. The Balaban J connectivity index is 1.82. The van der Waals surface area contributed by atoms with Gasteiger partial charge in [0, 0.05) is 42.2 Å². The predicted octanol–water partition coefficient (Wildman–Crippen LogP) is 2.86. The number of aromatic nitrogens is 1. The van der Waals surface area contributed by atoms with Gasteiger partial charge in [-0.3, -0.25) is 9.59 Å². The third kappa shape index (κ3) is 3.15. The third-order valence-corrected chi connectivity index (χ3v) is 6.77. The average Bonchev–Trinajstić information content (AvgIpc) is 3.09. The standard InChI is InChI=1S/C27H23FN4O4/c1-16-13-22-23(25(33)31(16)11-12-35-2)27(19(14-29)24(30)36-22)18-8-4-6-10-21(18)32(26(27)34)15-17-7-3-5-9-20(17)28/h3-10,13H,11-12,15,30H2,1-2H3. The number of fused-ring (bicyclic) bond motifs is 4. The number of nitrogens with two attached hydrogens (primary N) is 1. The minimum absolute atomic E-state index is 0.00318. The van der Waals surface area contributed by atoms with Gasteiger partial charge in [-0.2, -0.15) is 5.26 Å². The number of aryl methyl sites for hydroxylation is 1. The van der Waals surface area contributed by atoms with Gasteiger partial charge in [0.1, 0.15) is 23.2 Å². The fourth-order valence-corrected chi connectivity index (χ4v) is 5.14. The summed E-state index contributed by atoms with van der Waals surface area (Å²) in [6.07, 6.45) is 0. The van der Waals surface area contributed by atoms with Crippen molar-refractivity contribution in [3.8, 4) is 11.8 Å². The Labute approximate surface area is 206 Å². The van der Waals surface area contributed by atoms with Crippen LogP contribution in [0.4, 0.5) is 10.1 Å². The van der Waals surface area contributed by atoms with Crippen LogP contribution in [0.3, 0.4) is 0 Å². The lowest BCUT2D eigenvalue weighted by atomic mass is 9.69.